The molecule has 0 radical (unpaired) electrons. The molecule has 0 fully saturated rings. The fourth-order valence-electron chi connectivity index (χ4n) is 2.25. The van der Waals surface area contributed by atoms with Gasteiger partial charge < -0.3 is 14.8 Å². The van der Waals surface area contributed by atoms with Gasteiger partial charge in [-0.2, -0.15) is 0 Å². The third kappa shape index (κ3) is 2.01. The zero-order chi connectivity index (χ0) is 10.8. The second-order valence-corrected chi connectivity index (χ2v) is 4.01. The fraction of sp³-hybridized carbons (Fsp3) is 0.455. The molecule has 2 rings (SSSR count). The first-order valence-corrected chi connectivity index (χ1v) is 5.23. The second-order valence-electron chi connectivity index (χ2n) is 4.01. The molecule has 4 heteroatoms. The van der Waals surface area contributed by atoms with Crippen molar-refractivity contribution in [2.45, 2.75) is 25.1 Å². The van der Waals surface area contributed by atoms with Gasteiger partial charge in [-0.1, -0.05) is 12.1 Å². The topological polar surface area (TPSA) is 49.7 Å². The Morgan fingerprint density at radius 1 is 1.40 bits per heavy atom. The van der Waals surface area contributed by atoms with Crippen LogP contribution in [0.15, 0.2) is 18.2 Å². The van der Waals surface area contributed by atoms with E-state index in [9.17, 15) is 0 Å². The Hall–Kier alpha value is -0.995. The predicted octanol–water partition coefficient (Wildman–Crippen LogP) is 1.03. The van der Waals surface area contributed by atoms with Crippen molar-refractivity contribution in [2.75, 3.05) is 7.11 Å². The minimum Gasteiger partial charge on any atom is -0.496 e. The van der Waals surface area contributed by atoms with Gasteiger partial charge in [-0.15, -0.1) is 0 Å². The first-order chi connectivity index (χ1) is 7.22. The Balaban J connectivity index is 2.27. The van der Waals surface area contributed by atoms with Crippen molar-refractivity contribution in [1.29, 1.82) is 0 Å². The monoisotopic (exact) mass is 206 g/mol. The second kappa shape index (κ2) is 4.25. The molecule has 1 aromatic rings. The van der Waals surface area contributed by atoms with Crippen molar-refractivity contribution < 1.29 is 14.8 Å². The highest BCUT2D eigenvalue weighted by Crippen LogP contribution is 2.34. The molecule has 1 aliphatic carbocycles. The Labute approximate surface area is 89.8 Å². The van der Waals surface area contributed by atoms with E-state index in [0.29, 0.717) is 0 Å². The number of ether oxygens (including phenoxy) is 1. The molecule has 2 N–H and O–H groups in total. The molecule has 0 aromatic heterocycles. The van der Waals surface area contributed by atoms with Crippen LogP contribution in [-0.4, -0.2) is 24.3 Å². The van der Waals surface area contributed by atoms with Crippen molar-refractivity contribution in [1.82, 2.24) is 0 Å². The van der Waals surface area contributed by atoms with Gasteiger partial charge in [-0.25, -0.2) is 0 Å². The SMILES string of the molecule is COc1cccc2c1CC[C@@H](B(O)O)C2. The molecule has 3 nitrogen and oxygen atoms in total. The highest BCUT2D eigenvalue weighted by Gasteiger charge is 2.28. The molecule has 0 saturated carbocycles. The maximum Gasteiger partial charge on any atom is 0.455 e. The van der Waals surface area contributed by atoms with Crippen molar-refractivity contribution in [2.24, 2.45) is 0 Å². The van der Waals surface area contributed by atoms with Crippen molar-refractivity contribution in [3.05, 3.63) is 29.3 Å². The van der Waals surface area contributed by atoms with Crippen LogP contribution in [0.25, 0.3) is 0 Å². The van der Waals surface area contributed by atoms with E-state index < -0.39 is 7.12 Å². The molecule has 0 saturated heterocycles. The van der Waals surface area contributed by atoms with Crippen LogP contribution in [0.4, 0.5) is 0 Å². The summed E-state index contributed by atoms with van der Waals surface area (Å²) in [4.78, 5) is 0. The number of methoxy groups -OCH3 is 1. The quantitative estimate of drug-likeness (QED) is 0.710. The first-order valence-electron chi connectivity index (χ1n) is 5.23. The molecule has 0 heterocycles. The van der Waals surface area contributed by atoms with E-state index in [-0.39, 0.29) is 5.82 Å². The molecule has 0 amide bonds. The smallest absolute Gasteiger partial charge is 0.455 e. The van der Waals surface area contributed by atoms with Gasteiger partial charge in [-0.05, 0) is 42.3 Å². The van der Waals surface area contributed by atoms with E-state index in [1.165, 1.54) is 11.1 Å². The molecular weight excluding hydrogens is 191 g/mol. The third-order valence-corrected chi connectivity index (χ3v) is 3.12. The summed E-state index contributed by atoms with van der Waals surface area (Å²) in [5.74, 6) is 0.878. The molecule has 15 heavy (non-hydrogen) atoms. The average molecular weight is 206 g/mol. The van der Waals surface area contributed by atoms with Crippen LogP contribution < -0.4 is 4.74 Å². The lowest BCUT2D eigenvalue weighted by atomic mass is 9.64. The molecule has 0 aliphatic heterocycles. The number of fused-ring (bicyclic) bond motifs is 1. The number of rotatable bonds is 2. The minimum absolute atomic E-state index is 0.0374. The molecule has 0 spiro atoms. The van der Waals surface area contributed by atoms with Crippen molar-refractivity contribution in [3.8, 4) is 5.75 Å². The average Bonchev–Trinajstić information content (AvgIpc) is 2.27. The summed E-state index contributed by atoms with van der Waals surface area (Å²) in [5.41, 5.74) is 2.40. The van der Waals surface area contributed by atoms with Crippen LogP contribution >= 0.6 is 0 Å². The molecule has 0 unspecified atom stereocenters. The maximum absolute atomic E-state index is 9.15. The Bertz CT molecular complexity index is 352. The highest BCUT2D eigenvalue weighted by molar-refractivity contribution is 6.43. The van der Waals surface area contributed by atoms with E-state index in [1.54, 1.807) is 7.11 Å². The lowest BCUT2D eigenvalue weighted by Gasteiger charge is -2.25. The summed E-state index contributed by atoms with van der Waals surface area (Å²) in [6, 6.07) is 5.94. The lowest BCUT2D eigenvalue weighted by molar-refractivity contribution is 0.369. The van der Waals surface area contributed by atoms with Gasteiger partial charge in [0.25, 0.3) is 0 Å². The normalized spacial score (nSPS) is 19.5. The Kier molecular flexibility index (Phi) is 2.98. The van der Waals surface area contributed by atoms with E-state index in [2.05, 4.69) is 0 Å². The van der Waals surface area contributed by atoms with Gasteiger partial charge in [0.2, 0.25) is 0 Å². The van der Waals surface area contributed by atoms with Gasteiger partial charge in [0.1, 0.15) is 5.75 Å². The summed E-state index contributed by atoms with van der Waals surface area (Å²) in [6.45, 7) is 0. The zero-order valence-corrected chi connectivity index (χ0v) is 8.81. The highest BCUT2D eigenvalue weighted by atomic mass is 16.5. The van der Waals surface area contributed by atoms with E-state index >= 15 is 0 Å². The zero-order valence-electron chi connectivity index (χ0n) is 8.81. The van der Waals surface area contributed by atoms with E-state index in [0.717, 1.165) is 25.0 Å². The van der Waals surface area contributed by atoms with Gasteiger partial charge in [0.05, 0.1) is 7.11 Å². The number of hydrogen-bond acceptors (Lipinski definition) is 3. The van der Waals surface area contributed by atoms with Crippen molar-refractivity contribution >= 4 is 7.12 Å². The summed E-state index contributed by atoms with van der Waals surface area (Å²) in [6.07, 6.45) is 2.40. The third-order valence-electron chi connectivity index (χ3n) is 3.12. The van der Waals surface area contributed by atoms with Crippen LogP contribution in [0.3, 0.4) is 0 Å². The first kappa shape index (κ1) is 10.5. The van der Waals surface area contributed by atoms with Crippen LogP contribution in [0.2, 0.25) is 5.82 Å². The Morgan fingerprint density at radius 3 is 2.87 bits per heavy atom. The summed E-state index contributed by atoms with van der Waals surface area (Å²) in [7, 11) is 0.465. The van der Waals surface area contributed by atoms with Gasteiger partial charge in [0, 0.05) is 0 Å². The van der Waals surface area contributed by atoms with Crippen molar-refractivity contribution in [3.63, 3.8) is 0 Å². The van der Waals surface area contributed by atoms with Crippen LogP contribution in [0.1, 0.15) is 17.5 Å². The molecule has 0 bridgehead atoms. The number of benzene rings is 1. The number of hydrogen-bond donors (Lipinski definition) is 2. The van der Waals surface area contributed by atoms with Gasteiger partial charge in [0.15, 0.2) is 0 Å². The molecule has 1 atom stereocenters. The molecule has 1 aromatic carbocycles. The summed E-state index contributed by atoms with van der Waals surface area (Å²) >= 11 is 0. The van der Waals surface area contributed by atoms with Crippen LogP contribution in [0, 0.1) is 0 Å². The van der Waals surface area contributed by atoms with Gasteiger partial charge in [-0.3, -0.25) is 0 Å². The summed E-state index contributed by atoms with van der Waals surface area (Å²) in [5, 5.41) is 18.3. The summed E-state index contributed by atoms with van der Waals surface area (Å²) < 4.78 is 5.28. The van der Waals surface area contributed by atoms with Gasteiger partial charge >= 0.3 is 7.12 Å². The standard InChI is InChI=1S/C11H15BO3/c1-15-11-4-2-3-8-7-9(12(13)14)5-6-10(8)11/h2-4,9,13-14H,5-7H2,1H3/t9-/m1/s1. The molecular formula is C11H15BO3. The minimum atomic E-state index is -1.20. The molecule has 80 valence electrons. The largest absolute Gasteiger partial charge is 0.496 e. The Morgan fingerprint density at radius 2 is 2.20 bits per heavy atom. The van der Waals surface area contributed by atoms with E-state index in [1.807, 2.05) is 18.2 Å². The lowest BCUT2D eigenvalue weighted by Crippen LogP contribution is -2.26. The predicted molar refractivity (Wildman–Crippen MR) is 59.0 cm³/mol. The maximum atomic E-state index is 9.15. The van der Waals surface area contributed by atoms with E-state index in [4.69, 9.17) is 14.8 Å². The fourth-order valence-corrected chi connectivity index (χ4v) is 2.25. The molecule has 1 aliphatic rings. The van der Waals surface area contributed by atoms with Crippen LogP contribution in [0.5, 0.6) is 5.75 Å². The van der Waals surface area contributed by atoms with Crippen LogP contribution in [-0.2, 0) is 12.8 Å².